The third-order valence-corrected chi connectivity index (χ3v) is 4.33. The second-order valence-electron chi connectivity index (χ2n) is 5.99. The molecule has 21 heavy (non-hydrogen) atoms. The van der Waals surface area contributed by atoms with Crippen LogP contribution < -0.4 is 4.74 Å². The van der Waals surface area contributed by atoms with Gasteiger partial charge in [0.05, 0.1) is 13.5 Å². The summed E-state index contributed by atoms with van der Waals surface area (Å²) in [6.07, 6.45) is 4.77. The van der Waals surface area contributed by atoms with Crippen LogP contribution in [0.2, 0.25) is 0 Å². The Kier molecular flexibility index (Phi) is 3.86. The van der Waals surface area contributed by atoms with Crippen molar-refractivity contribution in [1.29, 1.82) is 0 Å². The van der Waals surface area contributed by atoms with Crippen molar-refractivity contribution in [2.45, 2.75) is 26.2 Å². The highest BCUT2D eigenvalue weighted by atomic mass is 16.5. The quantitative estimate of drug-likeness (QED) is 0.943. The second kappa shape index (κ2) is 5.80. The van der Waals surface area contributed by atoms with Gasteiger partial charge in [0.2, 0.25) is 5.91 Å². The van der Waals surface area contributed by atoms with Crippen molar-refractivity contribution < 1.29 is 9.53 Å². The van der Waals surface area contributed by atoms with Crippen molar-refractivity contribution in [2.75, 3.05) is 20.2 Å². The largest absolute Gasteiger partial charge is 0.497 e. The summed E-state index contributed by atoms with van der Waals surface area (Å²) in [6.45, 7) is 4.02. The molecule has 1 N–H and O–H groups in total. The van der Waals surface area contributed by atoms with Crippen molar-refractivity contribution >= 4 is 16.8 Å². The Morgan fingerprint density at radius 1 is 1.48 bits per heavy atom. The fourth-order valence-corrected chi connectivity index (χ4v) is 3.13. The van der Waals surface area contributed by atoms with Crippen LogP contribution in [0.5, 0.6) is 5.75 Å². The summed E-state index contributed by atoms with van der Waals surface area (Å²) in [6, 6.07) is 5.92. The molecule has 112 valence electrons. The summed E-state index contributed by atoms with van der Waals surface area (Å²) in [5.41, 5.74) is 2.08. The van der Waals surface area contributed by atoms with E-state index >= 15 is 0 Å². The number of nitrogens with one attached hydrogen (secondary N) is 1. The van der Waals surface area contributed by atoms with E-state index < -0.39 is 0 Å². The molecule has 4 heteroatoms. The van der Waals surface area contributed by atoms with E-state index in [9.17, 15) is 4.79 Å². The number of likely N-dealkylation sites (tertiary alicyclic amines) is 1. The first kappa shape index (κ1) is 14.0. The Morgan fingerprint density at radius 2 is 2.33 bits per heavy atom. The molecule has 0 aliphatic carbocycles. The Morgan fingerprint density at radius 3 is 3.10 bits per heavy atom. The summed E-state index contributed by atoms with van der Waals surface area (Å²) in [5, 5.41) is 1.11. The van der Waals surface area contributed by atoms with E-state index in [4.69, 9.17) is 4.74 Å². The van der Waals surface area contributed by atoms with E-state index in [-0.39, 0.29) is 5.91 Å². The first-order valence-electron chi connectivity index (χ1n) is 7.59. The van der Waals surface area contributed by atoms with Crippen LogP contribution in [0.1, 0.15) is 25.3 Å². The summed E-state index contributed by atoms with van der Waals surface area (Å²) >= 11 is 0. The number of rotatable bonds is 3. The number of ether oxygens (including phenoxy) is 1. The van der Waals surface area contributed by atoms with Crippen molar-refractivity contribution in [1.82, 2.24) is 9.88 Å². The summed E-state index contributed by atoms with van der Waals surface area (Å²) < 4.78 is 5.22. The van der Waals surface area contributed by atoms with Crippen molar-refractivity contribution in [2.24, 2.45) is 5.92 Å². The number of nitrogens with zero attached hydrogens (tertiary/aromatic N) is 1. The van der Waals surface area contributed by atoms with Gasteiger partial charge in [0, 0.05) is 36.3 Å². The molecule has 4 nitrogen and oxygen atoms in total. The molecule has 0 bridgehead atoms. The van der Waals surface area contributed by atoms with Gasteiger partial charge in [0.25, 0.3) is 0 Å². The fourth-order valence-electron chi connectivity index (χ4n) is 3.13. The van der Waals surface area contributed by atoms with Crippen LogP contribution in [0.25, 0.3) is 10.9 Å². The monoisotopic (exact) mass is 286 g/mol. The Labute approximate surface area is 125 Å². The Balaban J connectivity index is 1.76. The zero-order valence-electron chi connectivity index (χ0n) is 12.7. The number of carbonyl (C=O) groups excluding carboxylic acids is 1. The van der Waals surface area contributed by atoms with Gasteiger partial charge in [-0.1, -0.05) is 6.92 Å². The molecular weight excluding hydrogens is 264 g/mol. The highest BCUT2D eigenvalue weighted by Crippen LogP contribution is 2.24. The maximum atomic E-state index is 12.5. The molecule has 0 radical (unpaired) electrons. The average molecular weight is 286 g/mol. The number of benzene rings is 1. The van der Waals surface area contributed by atoms with Gasteiger partial charge in [-0.2, -0.15) is 0 Å². The lowest BCUT2D eigenvalue weighted by atomic mass is 9.99. The van der Waals surface area contributed by atoms with Crippen LogP contribution in [-0.4, -0.2) is 36.0 Å². The first-order valence-corrected chi connectivity index (χ1v) is 7.59. The molecule has 1 aliphatic heterocycles. The standard InChI is InChI=1S/C17H22N2O2/c1-12-4-3-7-19(11-12)17(20)8-13-10-18-16-9-14(21-2)5-6-15(13)16/h5-6,9-10,12,18H,3-4,7-8,11H2,1-2H3. The molecule has 2 heterocycles. The van der Waals surface area contributed by atoms with Crippen LogP contribution in [-0.2, 0) is 11.2 Å². The smallest absolute Gasteiger partial charge is 0.227 e. The Hall–Kier alpha value is -1.97. The summed E-state index contributed by atoms with van der Waals surface area (Å²) in [4.78, 5) is 17.7. The van der Waals surface area contributed by atoms with E-state index in [0.717, 1.165) is 41.7 Å². The van der Waals surface area contributed by atoms with Gasteiger partial charge >= 0.3 is 0 Å². The zero-order valence-corrected chi connectivity index (χ0v) is 12.7. The van der Waals surface area contributed by atoms with E-state index in [0.29, 0.717) is 12.3 Å². The average Bonchev–Trinajstić information content (AvgIpc) is 2.89. The van der Waals surface area contributed by atoms with Crippen molar-refractivity contribution in [3.05, 3.63) is 30.0 Å². The number of piperidine rings is 1. The van der Waals surface area contributed by atoms with E-state index in [1.54, 1.807) is 7.11 Å². The van der Waals surface area contributed by atoms with Crippen molar-refractivity contribution in [3.63, 3.8) is 0 Å². The number of fused-ring (bicyclic) bond motifs is 1. The number of methoxy groups -OCH3 is 1. The predicted octanol–water partition coefficient (Wildman–Crippen LogP) is 2.98. The van der Waals surface area contributed by atoms with Gasteiger partial charge in [-0.05, 0) is 36.5 Å². The number of hydrogen-bond acceptors (Lipinski definition) is 2. The maximum Gasteiger partial charge on any atom is 0.227 e. The van der Waals surface area contributed by atoms with Crippen LogP contribution in [0.4, 0.5) is 0 Å². The molecule has 1 aliphatic rings. The summed E-state index contributed by atoms with van der Waals surface area (Å²) in [5.74, 6) is 1.68. The summed E-state index contributed by atoms with van der Waals surface area (Å²) in [7, 11) is 1.66. The highest BCUT2D eigenvalue weighted by molar-refractivity contribution is 5.89. The highest BCUT2D eigenvalue weighted by Gasteiger charge is 2.21. The molecule has 1 saturated heterocycles. The predicted molar refractivity (Wildman–Crippen MR) is 83.5 cm³/mol. The van der Waals surface area contributed by atoms with Crippen LogP contribution in [0, 0.1) is 5.92 Å². The molecule has 1 aromatic carbocycles. The minimum atomic E-state index is 0.235. The number of aromatic amines is 1. The molecule has 0 saturated carbocycles. The minimum Gasteiger partial charge on any atom is -0.497 e. The van der Waals surface area contributed by atoms with Gasteiger partial charge < -0.3 is 14.6 Å². The molecular formula is C17H22N2O2. The lowest BCUT2D eigenvalue weighted by Crippen LogP contribution is -2.39. The minimum absolute atomic E-state index is 0.235. The normalized spacial score (nSPS) is 19.0. The lowest BCUT2D eigenvalue weighted by molar-refractivity contribution is -0.132. The topological polar surface area (TPSA) is 45.3 Å². The maximum absolute atomic E-state index is 12.5. The van der Waals surface area contributed by atoms with Gasteiger partial charge in [0.15, 0.2) is 0 Å². The second-order valence-corrected chi connectivity index (χ2v) is 5.99. The van der Waals surface area contributed by atoms with Gasteiger partial charge in [-0.3, -0.25) is 4.79 Å². The number of amides is 1. The molecule has 0 spiro atoms. The SMILES string of the molecule is COc1ccc2c(CC(=O)N3CCCC(C)C3)c[nH]c2c1. The van der Waals surface area contributed by atoms with E-state index in [1.807, 2.05) is 29.3 Å². The van der Waals surface area contributed by atoms with Crippen molar-refractivity contribution in [3.8, 4) is 5.75 Å². The fraction of sp³-hybridized carbons (Fsp3) is 0.471. The third kappa shape index (κ3) is 2.89. The number of hydrogen-bond donors (Lipinski definition) is 1. The molecule has 1 fully saturated rings. The lowest BCUT2D eigenvalue weighted by Gasteiger charge is -2.31. The van der Waals surface area contributed by atoms with Crippen LogP contribution in [0.3, 0.4) is 0 Å². The molecule has 3 rings (SSSR count). The molecule has 1 aromatic heterocycles. The molecule has 1 amide bonds. The molecule has 1 unspecified atom stereocenters. The number of carbonyl (C=O) groups is 1. The first-order chi connectivity index (χ1) is 10.2. The Bertz CT molecular complexity index is 647. The third-order valence-electron chi connectivity index (χ3n) is 4.33. The van der Waals surface area contributed by atoms with Crippen LogP contribution in [0.15, 0.2) is 24.4 Å². The number of aromatic nitrogens is 1. The van der Waals surface area contributed by atoms with Gasteiger partial charge in [-0.15, -0.1) is 0 Å². The van der Waals surface area contributed by atoms with E-state index in [2.05, 4.69) is 11.9 Å². The van der Waals surface area contributed by atoms with Crippen LogP contribution >= 0.6 is 0 Å². The van der Waals surface area contributed by atoms with Gasteiger partial charge in [-0.25, -0.2) is 0 Å². The number of H-pyrrole nitrogens is 1. The van der Waals surface area contributed by atoms with Gasteiger partial charge in [0.1, 0.15) is 5.75 Å². The molecule has 2 aromatic rings. The molecule has 1 atom stereocenters. The van der Waals surface area contributed by atoms with E-state index in [1.165, 1.54) is 6.42 Å². The zero-order chi connectivity index (χ0) is 14.8.